The molecule has 1 heterocycles. The summed E-state index contributed by atoms with van der Waals surface area (Å²) in [4.78, 5) is 56.9. The van der Waals surface area contributed by atoms with Crippen molar-refractivity contribution in [2.75, 3.05) is 19.6 Å². The van der Waals surface area contributed by atoms with Crippen LogP contribution in [-0.4, -0.2) is 68.7 Å². The van der Waals surface area contributed by atoms with Crippen LogP contribution in [0.1, 0.15) is 53.5 Å². The molecule has 37 heavy (non-hydrogen) atoms. The Morgan fingerprint density at radius 2 is 1.76 bits per heavy atom. The van der Waals surface area contributed by atoms with Gasteiger partial charge >= 0.3 is 19.3 Å². The molecule has 0 unspecified atom stereocenters. The highest BCUT2D eigenvalue weighted by Crippen LogP contribution is 2.46. The fourth-order valence-corrected chi connectivity index (χ4v) is 4.79. The van der Waals surface area contributed by atoms with Gasteiger partial charge in [0.1, 0.15) is 11.6 Å². The smallest absolute Gasteiger partial charge is 0.433 e. The summed E-state index contributed by atoms with van der Waals surface area (Å²) in [7, 11) is -5.07. The first kappa shape index (κ1) is 31.1. The third-order valence-corrected chi connectivity index (χ3v) is 7.40. The van der Waals surface area contributed by atoms with E-state index >= 15 is 0 Å². The van der Waals surface area contributed by atoms with E-state index in [1.54, 1.807) is 43.0 Å². The maximum atomic E-state index is 13.4. The molecule has 1 fully saturated rings. The van der Waals surface area contributed by atoms with Crippen molar-refractivity contribution in [2.45, 2.75) is 65.2 Å². The molecule has 11 nitrogen and oxygen atoms in total. The van der Waals surface area contributed by atoms with Gasteiger partial charge < -0.3 is 35.2 Å². The summed E-state index contributed by atoms with van der Waals surface area (Å²) in [5.41, 5.74) is -4.26. The monoisotopic (exact) mass is 561 g/mol. The van der Waals surface area contributed by atoms with Crippen LogP contribution in [-0.2, 0) is 19.7 Å². The average Bonchev–Trinajstić information content (AvgIpc) is 2.76. The molecule has 0 radical (unpaired) electrons. The molecule has 13 heteroatoms. The van der Waals surface area contributed by atoms with Gasteiger partial charge in [-0.25, -0.2) is 14.2 Å². The molecule has 1 aromatic rings. The van der Waals surface area contributed by atoms with Crippen LogP contribution in [0.3, 0.4) is 0 Å². The highest BCUT2D eigenvalue weighted by Gasteiger charge is 2.50. The molecule has 1 aliphatic rings. The molecule has 208 valence electrons. The Balaban J connectivity index is 2.06. The SMILES string of the molecule is CC(C)[C@@H](NC(=O)NCC(C)(C)OC(=O)P(=O)(O)O)C(=O)N1CC[C@](O)(c2ccc(Cl)cc2)C(C)(C)C1. The van der Waals surface area contributed by atoms with Crippen LogP contribution in [0.4, 0.5) is 9.59 Å². The fourth-order valence-electron chi connectivity index (χ4n) is 4.30. The topological polar surface area (TPSA) is 166 Å². The minimum Gasteiger partial charge on any atom is -0.449 e. The van der Waals surface area contributed by atoms with Crippen molar-refractivity contribution >= 4 is 36.8 Å². The Labute approximate surface area is 222 Å². The van der Waals surface area contributed by atoms with Crippen LogP contribution in [0, 0.1) is 11.3 Å². The van der Waals surface area contributed by atoms with Crippen molar-refractivity contribution in [1.82, 2.24) is 15.5 Å². The Kier molecular flexibility index (Phi) is 9.47. The summed E-state index contributed by atoms with van der Waals surface area (Å²) in [5, 5.41) is 17.2. The molecule has 2 atom stereocenters. The van der Waals surface area contributed by atoms with E-state index in [1.165, 1.54) is 13.8 Å². The second-order valence-corrected chi connectivity index (χ2v) is 12.9. The normalized spacial score (nSPS) is 20.8. The van der Waals surface area contributed by atoms with Gasteiger partial charge in [0.25, 0.3) is 0 Å². The third-order valence-electron chi connectivity index (χ3n) is 6.58. The number of carbonyl (C=O) groups excluding carboxylic acids is 3. The predicted octanol–water partition coefficient (Wildman–Crippen LogP) is 3.20. The maximum absolute atomic E-state index is 13.4. The van der Waals surface area contributed by atoms with Gasteiger partial charge in [0.2, 0.25) is 5.91 Å². The van der Waals surface area contributed by atoms with Crippen molar-refractivity contribution in [3.05, 3.63) is 34.9 Å². The van der Waals surface area contributed by atoms with E-state index in [2.05, 4.69) is 10.6 Å². The molecular formula is C24H37ClN3O8P. The van der Waals surface area contributed by atoms with Crippen LogP contribution in [0.15, 0.2) is 24.3 Å². The first-order chi connectivity index (χ1) is 16.8. The van der Waals surface area contributed by atoms with E-state index in [9.17, 15) is 24.1 Å². The van der Waals surface area contributed by atoms with E-state index in [1.807, 2.05) is 13.8 Å². The standard InChI is InChI=1S/C24H37ClN3O8P/c1-15(2)18(27-20(30)26-13-23(5,6)36-21(31)37(33,34)35)19(29)28-12-11-24(32,22(3,4)14-28)16-7-9-17(25)10-8-16/h7-10,15,18,32H,11-14H2,1-6H3,(H2,26,27,30)(H2,33,34,35)/t18-,24+/m1/s1. The minimum absolute atomic E-state index is 0.253. The van der Waals surface area contributed by atoms with E-state index in [0.29, 0.717) is 17.0 Å². The summed E-state index contributed by atoms with van der Waals surface area (Å²) in [6.07, 6.45) is 0.295. The lowest BCUT2D eigenvalue weighted by Crippen LogP contribution is -2.61. The van der Waals surface area contributed by atoms with Gasteiger partial charge in [0.05, 0.1) is 12.1 Å². The number of nitrogens with zero attached hydrogens (tertiary/aromatic N) is 1. The Bertz CT molecular complexity index is 1060. The number of halogens is 1. The number of ether oxygens (including phenoxy) is 1. The summed E-state index contributed by atoms with van der Waals surface area (Å²) >= 11 is 6.00. The van der Waals surface area contributed by atoms with Gasteiger partial charge in [0, 0.05) is 23.5 Å². The molecule has 0 saturated carbocycles. The first-order valence-corrected chi connectivity index (χ1v) is 13.9. The lowest BCUT2D eigenvalue weighted by Gasteiger charge is -2.51. The number of likely N-dealkylation sites (tertiary alicyclic amines) is 1. The Hall–Kier alpha value is -2.17. The molecule has 1 aromatic carbocycles. The summed E-state index contributed by atoms with van der Waals surface area (Å²) in [6.45, 7) is 10.4. The summed E-state index contributed by atoms with van der Waals surface area (Å²) < 4.78 is 15.8. The Morgan fingerprint density at radius 3 is 2.24 bits per heavy atom. The van der Waals surface area contributed by atoms with Crippen LogP contribution in [0.2, 0.25) is 5.02 Å². The number of piperidine rings is 1. The van der Waals surface area contributed by atoms with Gasteiger partial charge in [-0.15, -0.1) is 0 Å². The van der Waals surface area contributed by atoms with Gasteiger partial charge in [-0.3, -0.25) is 4.79 Å². The van der Waals surface area contributed by atoms with E-state index in [0.717, 1.165) is 0 Å². The molecule has 1 saturated heterocycles. The lowest BCUT2D eigenvalue weighted by atomic mass is 9.66. The van der Waals surface area contributed by atoms with Crippen molar-refractivity contribution in [1.29, 1.82) is 0 Å². The van der Waals surface area contributed by atoms with Crippen molar-refractivity contribution in [3.63, 3.8) is 0 Å². The number of urea groups is 1. The van der Waals surface area contributed by atoms with Crippen LogP contribution in [0.5, 0.6) is 0 Å². The van der Waals surface area contributed by atoms with Crippen molar-refractivity contribution in [3.8, 4) is 0 Å². The Morgan fingerprint density at radius 1 is 1.19 bits per heavy atom. The largest absolute Gasteiger partial charge is 0.449 e. The first-order valence-electron chi connectivity index (χ1n) is 11.9. The third kappa shape index (κ3) is 7.67. The zero-order valence-electron chi connectivity index (χ0n) is 21.9. The predicted molar refractivity (Wildman–Crippen MR) is 138 cm³/mol. The highest BCUT2D eigenvalue weighted by molar-refractivity contribution is 7.69. The van der Waals surface area contributed by atoms with Gasteiger partial charge in [-0.2, -0.15) is 0 Å². The van der Waals surface area contributed by atoms with Crippen LogP contribution < -0.4 is 10.6 Å². The second kappa shape index (κ2) is 11.3. The lowest BCUT2D eigenvalue weighted by molar-refractivity contribution is -0.155. The maximum Gasteiger partial charge on any atom is 0.433 e. The molecule has 1 aliphatic heterocycles. The molecule has 5 N–H and O–H groups in total. The molecule has 0 spiro atoms. The second-order valence-electron chi connectivity index (χ2n) is 11.0. The zero-order chi connectivity index (χ0) is 28.4. The average molecular weight is 562 g/mol. The quantitative estimate of drug-likeness (QED) is 0.302. The number of carbonyl (C=O) groups is 3. The van der Waals surface area contributed by atoms with Crippen molar-refractivity contribution < 1.29 is 38.6 Å². The number of rotatable bonds is 8. The van der Waals surface area contributed by atoms with Gasteiger partial charge in [0.15, 0.2) is 0 Å². The molecule has 0 aromatic heterocycles. The van der Waals surface area contributed by atoms with Crippen LogP contribution in [0.25, 0.3) is 0 Å². The molecular weight excluding hydrogens is 525 g/mol. The van der Waals surface area contributed by atoms with Crippen molar-refractivity contribution in [2.24, 2.45) is 11.3 Å². The van der Waals surface area contributed by atoms with E-state index in [4.69, 9.17) is 26.1 Å². The van der Waals surface area contributed by atoms with Gasteiger partial charge in [-0.1, -0.05) is 51.4 Å². The molecule has 0 aliphatic carbocycles. The number of nitrogens with one attached hydrogen (secondary N) is 2. The number of amides is 3. The highest BCUT2D eigenvalue weighted by atomic mass is 35.5. The van der Waals surface area contributed by atoms with E-state index in [-0.39, 0.29) is 31.5 Å². The fraction of sp³-hybridized carbons (Fsp3) is 0.625. The van der Waals surface area contributed by atoms with E-state index < -0.39 is 42.0 Å². The number of hydrogen-bond acceptors (Lipinski definition) is 6. The molecule has 2 rings (SSSR count). The molecule has 3 amide bonds. The van der Waals surface area contributed by atoms with Gasteiger partial charge in [-0.05, 0) is 43.9 Å². The summed E-state index contributed by atoms with van der Waals surface area (Å²) in [6, 6.07) is 5.41. The zero-order valence-corrected chi connectivity index (χ0v) is 23.6. The minimum atomic E-state index is -5.07. The number of aliphatic hydroxyl groups is 1. The van der Waals surface area contributed by atoms with Crippen LogP contribution >= 0.6 is 19.2 Å². The number of hydrogen-bond donors (Lipinski definition) is 5. The number of benzene rings is 1. The molecule has 0 bridgehead atoms. The summed E-state index contributed by atoms with van der Waals surface area (Å²) in [5.74, 6) is -0.567.